The number of aryl methyl sites for hydroxylation is 1. The van der Waals surface area contributed by atoms with Crippen LogP contribution in [0.4, 0.5) is 23.2 Å². The maximum Gasteiger partial charge on any atom is 0.426 e. The van der Waals surface area contributed by atoms with Crippen molar-refractivity contribution in [1.82, 2.24) is 18.7 Å². The second-order valence-electron chi connectivity index (χ2n) is 6.88. The zero-order chi connectivity index (χ0) is 22.4. The number of benzene rings is 1. The molecule has 1 N–H and O–H groups in total. The van der Waals surface area contributed by atoms with Crippen LogP contribution in [0.15, 0.2) is 40.2 Å². The highest BCUT2D eigenvalue weighted by molar-refractivity contribution is 5.91. The van der Waals surface area contributed by atoms with Crippen molar-refractivity contribution in [2.75, 3.05) is 5.32 Å². The molecule has 2 heterocycles. The molecule has 30 heavy (non-hydrogen) atoms. The maximum atomic E-state index is 14.0. The summed E-state index contributed by atoms with van der Waals surface area (Å²) in [6.07, 6.45) is -3.85. The zero-order valence-corrected chi connectivity index (χ0v) is 16.1. The number of aromatic nitrogens is 4. The van der Waals surface area contributed by atoms with Crippen molar-refractivity contribution in [3.05, 3.63) is 57.0 Å². The number of hydrogen-bond acceptors (Lipinski definition) is 4. The summed E-state index contributed by atoms with van der Waals surface area (Å²) in [7, 11) is 2.73. The molecular formula is C18H17F4N5O3. The van der Waals surface area contributed by atoms with Gasteiger partial charge in [-0.2, -0.15) is 13.2 Å². The van der Waals surface area contributed by atoms with E-state index in [4.69, 9.17) is 0 Å². The Labute approximate surface area is 166 Å². The molecule has 0 aliphatic rings. The largest absolute Gasteiger partial charge is 0.426 e. The van der Waals surface area contributed by atoms with E-state index in [0.717, 1.165) is 28.8 Å². The van der Waals surface area contributed by atoms with Crippen molar-refractivity contribution in [2.45, 2.75) is 25.3 Å². The van der Waals surface area contributed by atoms with Gasteiger partial charge in [0.25, 0.3) is 5.56 Å². The van der Waals surface area contributed by atoms with Crippen LogP contribution in [0, 0.1) is 0 Å². The first-order chi connectivity index (χ1) is 13.8. The van der Waals surface area contributed by atoms with E-state index in [0.29, 0.717) is 6.92 Å². The molecule has 0 spiro atoms. The molecule has 0 fully saturated rings. The van der Waals surface area contributed by atoms with Crippen LogP contribution < -0.4 is 16.6 Å². The van der Waals surface area contributed by atoms with Crippen molar-refractivity contribution in [2.24, 2.45) is 14.1 Å². The molecule has 1 amide bonds. The van der Waals surface area contributed by atoms with Crippen LogP contribution >= 0.6 is 0 Å². The topological polar surface area (TPSA) is 90.9 Å². The average molecular weight is 427 g/mol. The van der Waals surface area contributed by atoms with Crippen molar-refractivity contribution in [1.29, 1.82) is 0 Å². The minimum absolute atomic E-state index is 0.0449. The van der Waals surface area contributed by atoms with Gasteiger partial charge in [0, 0.05) is 19.8 Å². The van der Waals surface area contributed by atoms with Gasteiger partial charge in [0.1, 0.15) is 6.54 Å². The van der Waals surface area contributed by atoms with E-state index in [1.165, 1.54) is 29.6 Å². The van der Waals surface area contributed by atoms with Gasteiger partial charge in [-0.25, -0.2) is 14.2 Å². The van der Waals surface area contributed by atoms with Gasteiger partial charge in [-0.1, -0.05) is 12.1 Å². The minimum Gasteiger partial charge on any atom is -0.325 e. The summed E-state index contributed by atoms with van der Waals surface area (Å²) in [5.74, 6) is -0.600. The predicted molar refractivity (Wildman–Crippen MR) is 99.8 cm³/mol. The molecule has 1 unspecified atom stereocenters. The summed E-state index contributed by atoms with van der Waals surface area (Å²) in [5.41, 5.74) is -5.03. The Balaban J connectivity index is 1.82. The molecule has 1 atom stereocenters. The third-order valence-electron chi connectivity index (χ3n) is 4.77. The summed E-state index contributed by atoms with van der Waals surface area (Å²) in [6.45, 7) is 0.0770. The van der Waals surface area contributed by atoms with Crippen LogP contribution in [0.3, 0.4) is 0 Å². The number of rotatable bonds is 4. The van der Waals surface area contributed by atoms with Crippen molar-refractivity contribution >= 4 is 22.8 Å². The van der Waals surface area contributed by atoms with Gasteiger partial charge in [0.15, 0.2) is 11.2 Å². The number of carbonyl (C=O) groups excluding carboxylic acids is 1. The van der Waals surface area contributed by atoms with Crippen LogP contribution in [0.25, 0.3) is 11.2 Å². The number of amides is 1. The maximum absolute atomic E-state index is 14.0. The summed E-state index contributed by atoms with van der Waals surface area (Å²) in [6, 6.07) is 4.15. The third kappa shape index (κ3) is 3.48. The van der Waals surface area contributed by atoms with E-state index in [2.05, 4.69) is 10.3 Å². The molecule has 0 aliphatic heterocycles. The molecule has 0 saturated carbocycles. The fourth-order valence-corrected chi connectivity index (χ4v) is 2.90. The van der Waals surface area contributed by atoms with E-state index >= 15 is 0 Å². The van der Waals surface area contributed by atoms with Gasteiger partial charge in [-0.05, 0) is 24.6 Å². The number of nitrogens with one attached hydrogen (secondary N) is 1. The zero-order valence-electron chi connectivity index (χ0n) is 16.1. The monoisotopic (exact) mass is 427 g/mol. The van der Waals surface area contributed by atoms with Crippen LogP contribution in [0.2, 0.25) is 0 Å². The quantitative estimate of drug-likeness (QED) is 0.643. The highest BCUT2D eigenvalue weighted by Crippen LogP contribution is 2.42. The first-order valence-corrected chi connectivity index (χ1v) is 8.61. The Hall–Kier alpha value is -3.44. The van der Waals surface area contributed by atoms with E-state index in [1.54, 1.807) is 0 Å². The van der Waals surface area contributed by atoms with Gasteiger partial charge in [-0.3, -0.25) is 18.7 Å². The van der Waals surface area contributed by atoms with Crippen LogP contribution in [0.1, 0.15) is 12.5 Å². The lowest BCUT2D eigenvalue weighted by atomic mass is 9.97. The fraction of sp³-hybridized carbons (Fsp3) is 0.333. The second kappa shape index (κ2) is 7.11. The molecule has 0 bridgehead atoms. The van der Waals surface area contributed by atoms with E-state index in [-0.39, 0.29) is 23.4 Å². The number of imidazole rings is 1. The van der Waals surface area contributed by atoms with Gasteiger partial charge >= 0.3 is 11.9 Å². The first-order valence-electron chi connectivity index (χ1n) is 8.61. The van der Waals surface area contributed by atoms with Gasteiger partial charge in [0.2, 0.25) is 11.6 Å². The lowest BCUT2D eigenvalue weighted by Gasteiger charge is -2.24. The molecule has 0 aliphatic carbocycles. The Morgan fingerprint density at radius 1 is 1.07 bits per heavy atom. The number of nitrogens with zero attached hydrogens (tertiary/aromatic N) is 4. The lowest BCUT2D eigenvalue weighted by Crippen LogP contribution is -2.37. The van der Waals surface area contributed by atoms with Crippen LogP contribution in [0.5, 0.6) is 0 Å². The van der Waals surface area contributed by atoms with Gasteiger partial charge in [0.05, 0.1) is 6.33 Å². The van der Waals surface area contributed by atoms with E-state index in [1.807, 2.05) is 0 Å². The SMILES string of the molecule is Cn1c(=O)c2c(ncn2CC(=O)Nc2ccc(C(C)(F)C(F)(F)F)cc2)n(C)c1=O. The molecule has 1 aromatic carbocycles. The summed E-state index contributed by atoms with van der Waals surface area (Å²) in [5, 5.41) is 2.45. The first kappa shape index (κ1) is 21.3. The number of carbonyl (C=O) groups is 1. The summed E-state index contributed by atoms with van der Waals surface area (Å²) in [4.78, 5) is 40.6. The number of anilines is 1. The standard InChI is InChI=1S/C18H17F4N5O3/c1-17(19,18(20,21)22)10-4-6-11(7-5-10)24-12(28)8-27-9-23-14-13(27)15(29)26(3)16(30)25(14)2/h4-7,9H,8H2,1-3H3,(H,24,28). The van der Waals surface area contributed by atoms with E-state index in [9.17, 15) is 31.9 Å². The number of fused-ring (bicyclic) bond motifs is 1. The Bertz CT molecular complexity index is 1240. The second-order valence-corrected chi connectivity index (χ2v) is 6.88. The molecule has 160 valence electrons. The summed E-state index contributed by atoms with van der Waals surface area (Å²) < 4.78 is 55.6. The molecular weight excluding hydrogens is 410 g/mol. The molecule has 0 radical (unpaired) electrons. The predicted octanol–water partition coefficient (Wildman–Crippen LogP) is 1.82. The molecule has 8 nitrogen and oxygen atoms in total. The Kier molecular flexibility index (Phi) is 5.04. The van der Waals surface area contributed by atoms with Crippen molar-refractivity contribution in [3.63, 3.8) is 0 Å². The molecule has 3 aromatic rings. The normalized spacial score (nSPS) is 14.0. The highest BCUT2D eigenvalue weighted by Gasteiger charge is 2.53. The van der Waals surface area contributed by atoms with Crippen molar-refractivity contribution in [3.8, 4) is 0 Å². The number of hydrogen-bond donors (Lipinski definition) is 1. The Morgan fingerprint density at radius 2 is 1.67 bits per heavy atom. The molecule has 12 heteroatoms. The number of alkyl halides is 4. The fourth-order valence-electron chi connectivity index (χ4n) is 2.90. The van der Waals surface area contributed by atoms with Crippen molar-refractivity contribution < 1.29 is 22.4 Å². The molecule has 2 aromatic heterocycles. The third-order valence-corrected chi connectivity index (χ3v) is 4.77. The van der Waals surface area contributed by atoms with E-state index < -0.39 is 34.6 Å². The smallest absolute Gasteiger partial charge is 0.325 e. The number of halogens is 4. The van der Waals surface area contributed by atoms with Crippen LogP contribution in [-0.4, -0.2) is 30.8 Å². The lowest BCUT2D eigenvalue weighted by molar-refractivity contribution is -0.228. The minimum atomic E-state index is -5.08. The van der Waals surface area contributed by atoms with Gasteiger partial charge < -0.3 is 9.88 Å². The average Bonchev–Trinajstić information content (AvgIpc) is 3.07. The molecule has 3 rings (SSSR count). The van der Waals surface area contributed by atoms with Gasteiger partial charge in [-0.15, -0.1) is 0 Å². The highest BCUT2D eigenvalue weighted by atomic mass is 19.4. The Morgan fingerprint density at radius 3 is 2.23 bits per heavy atom. The summed E-state index contributed by atoms with van der Waals surface area (Å²) >= 11 is 0. The molecule has 0 saturated heterocycles. The van der Waals surface area contributed by atoms with Crippen LogP contribution in [-0.2, 0) is 31.1 Å².